The zero-order valence-electron chi connectivity index (χ0n) is 11.0. The molecule has 0 spiro atoms. The predicted octanol–water partition coefficient (Wildman–Crippen LogP) is 0.460. The summed E-state index contributed by atoms with van der Waals surface area (Å²) in [6.07, 6.45) is -3.88. The molecule has 2 rings (SSSR count). The second-order valence-corrected chi connectivity index (χ2v) is 4.54. The average Bonchev–Trinajstić information content (AvgIpc) is 2.88. The van der Waals surface area contributed by atoms with Crippen molar-refractivity contribution in [2.24, 2.45) is 0 Å². The van der Waals surface area contributed by atoms with Crippen molar-refractivity contribution in [1.82, 2.24) is 15.5 Å². The van der Waals surface area contributed by atoms with Crippen molar-refractivity contribution in [3.63, 3.8) is 0 Å². The summed E-state index contributed by atoms with van der Waals surface area (Å²) in [7, 11) is 0. The fourth-order valence-electron chi connectivity index (χ4n) is 2.01. The maximum absolute atomic E-state index is 12.6. The molecule has 1 aromatic heterocycles. The number of furan rings is 1. The molecule has 21 heavy (non-hydrogen) atoms. The van der Waals surface area contributed by atoms with E-state index in [2.05, 4.69) is 15.1 Å². The van der Waals surface area contributed by atoms with Crippen LogP contribution in [-0.4, -0.2) is 49.4 Å². The molecule has 2 amide bonds. The summed E-state index contributed by atoms with van der Waals surface area (Å²) < 4.78 is 42.0. The monoisotopic (exact) mass is 305 g/mol. The van der Waals surface area contributed by atoms with E-state index >= 15 is 0 Å². The smallest absolute Gasteiger partial charge is 0.450 e. The lowest BCUT2D eigenvalue weighted by molar-refractivity contribution is -0.153. The van der Waals surface area contributed by atoms with E-state index in [1.165, 1.54) is 0 Å². The Morgan fingerprint density at radius 3 is 2.90 bits per heavy atom. The minimum Gasteiger partial charge on any atom is -0.459 e. The highest BCUT2D eigenvalue weighted by Crippen LogP contribution is 2.32. The highest BCUT2D eigenvalue weighted by molar-refractivity contribution is 5.95. The van der Waals surface area contributed by atoms with Crippen LogP contribution in [-0.2, 0) is 11.0 Å². The van der Waals surface area contributed by atoms with Crippen LogP contribution in [0.2, 0.25) is 0 Å². The van der Waals surface area contributed by atoms with Gasteiger partial charge in [-0.3, -0.25) is 14.5 Å². The van der Waals surface area contributed by atoms with Gasteiger partial charge >= 0.3 is 6.18 Å². The first-order chi connectivity index (χ1) is 9.88. The lowest BCUT2D eigenvalue weighted by Gasteiger charge is -2.26. The fraction of sp³-hybridized carbons (Fsp3) is 0.500. The summed E-state index contributed by atoms with van der Waals surface area (Å²) >= 11 is 0. The number of nitrogens with one attached hydrogen (secondary N) is 2. The van der Waals surface area contributed by atoms with Gasteiger partial charge in [0, 0.05) is 26.2 Å². The highest BCUT2D eigenvalue weighted by Gasteiger charge is 2.39. The maximum Gasteiger partial charge on any atom is 0.450 e. The van der Waals surface area contributed by atoms with Crippen molar-refractivity contribution < 1.29 is 27.2 Å². The molecule has 0 radical (unpaired) electrons. The molecule has 0 saturated carbocycles. The topological polar surface area (TPSA) is 74.6 Å². The van der Waals surface area contributed by atoms with Gasteiger partial charge in [0.05, 0.1) is 18.4 Å². The average molecular weight is 305 g/mol. The number of hydrogen-bond acceptors (Lipinski definition) is 4. The molecule has 0 aliphatic carbocycles. The van der Waals surface area contributed by atoms with E-state index in [0.29, 0.717) is 19.6 Å². The molecule has 1 aliphatic rings. The van der Waals surface area contributed by atoms with E-state index in [-0.39, 0.29) is 19.0 Å². The normalized spacial score (nSPS) is 16.6. The lowest BCUT2D eigenvalue weighted by Crippen LogP contribution is -2.49. The third kappa shape index (κ3) is 3.97. The number of amides is 2. The van der Waals surface area contributed by atoms with Crippen molar-refractivity contribution in [1.29, 1.82) is 0 Å². The molecule has 2 heterocycles. The van der Waals surface area contributed by atoms with Crippen molar-refractivity contribution in [2.45, 2.75) is 6.18 Å². The zero-order chi connectivity index (χ0) is 15.5. The van der Waals surface area contributed by atoms with E-state index in [0.717, 1.165) is 12.3 Å². The van der Waals surface area contributed by atoms with Gasteiger partial charge in [-0.15, -0.1) is 0 Å². The molecule has 1 fully saturated rings. The number of carbonyl (C=O) groups excluding carboxylic acids is 2. The Balaban J connectivity index is 1.85. The van der Waals surface area contributed by atoms with Crippen LogP contribution in [0.3, 0.4) is 0 Å². The van der Waals surface area contributed by atoms with Crippen molar-refractivity contribution >= 4 is 11.8 Å². The number of carbonyl (C=O) groups is 2. The predicted molar refractivity (Wildman–Crippen MR) is 65.5 cm³/mol. The van der Waals surface area contributed by atoms with Gasteiger partial charge < -0.3 is 15.1 Å². The fourth-order valence-corrected chi connectivity index (χ4v) is 2.01. The first kappa shape index (κ1) is 15.4. The van der Waals surface area contributed by atoms with Crippen LogP contribution in [0.25, 0.3) is 0 Å². The van der Waals surface area contributed by atoms with Crippen LogP contribution < -0.4 is 10.6 Å². The molecule has 1 saturated heterocycles. The summed E-state index contributed by atoms with van der Waals surface area (Å²) in [6, 6.07) is 0.979. The summed E-state index contributed by atoms with van der Waals surface area (Å²) in [5.41, 5.74) is -0.543. The molecule has 0 unspecified atom stereocenters. The molecule has 0 aromatic carbocycles. The van der Waals surface area contributed by atoms with Gasteiger partial charge in [0.2, 0.25) is 11.7 Å². The first-order valence-corrected chi connectivity index (χ1v) is 6.30. The molecule has 1 aromatic rings. The SMILES string of the molecule is O=C1CN(CCNC(=O)c2ccoc2C(F)(F)F)CCN1. The summed E-state index contributed by atoms with van der Waals surface area (Å²) in [5.74, 6) is -2.27. The van der Waals surface area contributed by atoms with Crippen LogP contribution in [0.4, 0.5) is 13.2 Å². The number of nitrogens with zero attached hydrogens (tertiary/aromatic N) is 1. The molecule has 116 valence electrons. The molecule has 6 nitrogen and oxygen atoms in total. The highest BCUT2D eigenvalue weighted by atomic mass is 19.4. The Labute approximate surface area is 118 Å². The first-order valence-electron chi connectivity index (χ1n) is 6.30. The van der Waals surface area contributed by atoms with Crippen LogP contribution in [0.15, 0.2) is 16.7 Å². The summed E-state index contributed by atoms with van der Waals surface area (Å²) in [4.78, 5) is 24.6. The molecular formula is C12H14F3N3O3. The van der Waals surface area contributed by atoms with E-state index in [4.69, 9.17) is 0 Å². The Morgan fingerprint density at radius 1 is 1.48 bits per heavy atom. The quantitative estimate of drug-likeness (QED) is 0.847. The van der Waals surface area contributed by atoms with Crippen LogP contribution in [0, 0.1) is 0 Å². The van der Waals surface area contributed by atoms with Crippen molar-refractivity contribution in [3.05, 3.63) is 23.7 Å². The minimum absolute atomic E-state index is 0.109. The second-order valence-electron chi connectivity index (χ2n) is 4.54. The second kappa shape index (κ2) is 6.17. The van der Waals surface area contributed by atoms with Crippen LogP contribution in [0.5, 0.6) is 0 Å². The third-order valence-electron chi connectivity index (χ3n) is 3.00. The van der Waals surface area contributed by atoms with E-state index < -0.39 is 23.4 Å². The molecule has 1 aliphatic heterocycles. The van der Waals surface area contributed by atoms with Gasteiger partial charge in [-0.2, -0.15) is 13.2 Å². The Kier molecular flexibility index (Phi) is 4.51. The van der Waals surface area contributed by atoms with Gasteiger partial charge in [-0.1, -0.05) is 0 Å². The van der Waals surface area contributed by atoms with E-state index in [1.807, 2.05) is 0 Å². The number of alkyl halides is 3. The largest absolute Gasteiger partial charge is 0.459 e. The van der Waals surface area contributed by atoms with Gasteiger partial charge in [0.1, 0.15) is 0 Å². The molecule has 2 N–H and O–H groups in total. The van der Waals surface area contributed by atoms with Crippen molar-refractivity contribution in [3.8, 4) is 0 Å². The van der Waals surface area contributed by atoms with E-state index in [9.17, 15) is 22.8 Å². The van der Waals surface area contributed by atoms with Gasteiger partial charge in [0.15, 0.2) is 0 Å². The Bertz CT molecular complexity index is 527. The molecule has 9 heteroatoms. The Hall–Kier alpha value is -2.03. The van der Waals surface area contributed by atoms with Crippen LogP contribution >= 0.6 is 0 Å². The van der Waals surface area contributed by atoms with Gasteiger partial charge in [0.25, 0.3) is 5.91 Å². The summed E-state index contributed by atoms with van der Waals surface area (Å²) in [6.45, 7) is 1.91. The number of hydrogen-bond donors (Lipinski definition) is 2. The van der Waals surface area contributed by atoms with Gasteiger partial charge in [-0.05, 0) is 6.07 Å². The summed E-state index contributed by atoms with van der Waals surface area (Å²) in [5, 5.41) is 5.04. The molecule has 0 atom stereocenters. The Morgan fingerprint density at radius 2 is 2.24 bits per heavy atom. The zero-order valence-corrected chi connectivity index (χ0v) is 11.0. The standard InChI is InChI=1S/C12H14F3N3O3/c13-12(14,15)10-8(1-6-21-10)11(20)17-3-5-18-4-2-16-9(19)7-18/h1,6H,2-5,7H2,(H,16,19)(H,17,20). The van der Waals surface area contributed by atoms with Crippen molar-refractivity contribution in [2.75, 3.05) is 32.7 Å². The number of piperazine rings is 1. The number of halogens is 3. The van der Waals surface area contributed by atoms with Gasteiger partial charge in [-0.25, -0.2) is 0 Å². The number of rotatable bonds is 4. The van der Waals surface area contributed by atoms with Crippen LogP contribution in [0.1, 0.15) is 16.1 Å². The third-order valence-corrected chi connectivity index (χ3v) is 3.00. The minimum atomic E-state index is -4.71. The maximum atomic E-state index is 12.6. The lowest BCUT2D eigenvalue weighted by atomic mass is 10.2. The van der Waals surface area contributed by atoms with E-state index in [1.54, 1.807) is 4.90 Å². The molecular weight excluding hydrogens is 291 g/mol. The molecule has 0 bridgehead atoms.